The minimum absolute atomic E-state index is 0.704. The zero-order chi connectivity index (χ0) is 19.6. The smallest absolute Gasteiger partial charge is 0.191 e. The molecule has 0 bridgehead atoms. The highest BCUT2D eigenvalue weighted by Crippen LogP contribution is 2.19. The van der Waals surface area contributed by atoms with Crippen molar-refractivity contribution in [2.45, 2.75) is 25.9 Å². The molecule has 6 nitrogen and oxygen atoms in total. The molecule has 1 saturated heterocycles. The summed E-state index contributed by atoms with van der Waals surface area (Å²) in [5, 5.41) is 6.89. The van der Waals surface area contributed by atoms with E-state index in [2.05, 4.69) is 49.6 Å². The van der Waals surface area contributed by atoms with E-state index in [-0.39, 0.29) is 0 Å². The van der Waals surface area contributed by atoms with Gasteiger partial charge < -0.3 is 19.9 Å². The van der Waals surface area contributed by atoms with E-state index in [1.165, 1.54) is 18.4 Å². The van der Waals surface area contributed by atoms with E-state index in [1.807, 2.05) is 31.3 Å². The first-order valence-electron chi connectivity index (χ1n) is 10.2. The second kappa shape index (κ2) is 10.8. The van der Waals surface area contributed by atoms with Gasteiger partial charge in [0.15, 0.2) is 5.96 Å². The van der Waals surface area contributed by atoms with Gasteiger partial charge in [-0.2, -0.15) is 0 Å². The molecule has 152 valence electrons. The average molecular weight is 384 g/mol. The lowest BCUT2D eigenvalue weighted by molar-refractivity contribution is 0.178. The van der Waals surface area contributed by atoms with E-state index in [4.69, 9.17) is 4.74 Å². The fraction of sp³-hybridized carbons (Fsp3) is 0.500. The lowest BCUT2D eigenvalue weighted by Gasteiger charge is -2.32. The minimum Gasteiger partial charge on any atom is -0.497 e. The first-order chi connectivity index (χ1) is 13.8. The molecule has 6 heteroatoms. The van der Waals surface area contributed by atoms with Crippen molar-refractivity contribution in [3.05, 3.63) is 54.4 Å². The van der Waals surface area contributed by atoms with Crippen LogP contribution in [0, 0.1) is 5.92 Å². The Balaban J connectivity index is 1.32. The van der Waals surface area contributed by atoms with E-state index in [9.17, 15) is 0 Å². The summed E-state index contributed by atoms with van der Waals surface area (Å²) in [5.41, 5.74) is 1.35. The lowest BCUT2D eigenvalue weighted by atomic mass is 9.96. The number of methoxy groups -OCH3 is 1. The zero-order valence-electron chi connectivity index (χ0n) is 17.1. The standard InChI is InChI=1S/C22H33N5O/c1-23-22(24-11-16-26-12-3-4-13-26)25-17-19-9-14-27(15-10-19)18-20-5-7-21(28-2)8-6-20/h3-8,12-13,19H,9-11,14-18H2,1-2H3,(H2,23,24,25). The fourth-order valence-corrected chi connectivity index (χ4v) is 3.62. The number of guanidine groups is 1. The number of hydrogen-bond donors (Lipinski definition) is 2. The van der Waals surface area contributed by atoms with Crippen LogP contribution in [0.2, 0.25) is 0 Å². The van der Waals surface area contributed by atoms with Crippen molar-refractivity contribution in [2.24, 2.45) is 10.9 Å². The van der Waals surface area contributed by atoms with Gasteiger partial charge in [-0.15, -0.1) is 0 Å². The van der Waals surface area contributed by atoms with Gasteiger partial charge >= 0.3 is 0 Å². The summed E-state index contributed by atoms with van der Waals surface area (Å²) in [6.07, 6.45) is 6.61. The molecule has 1 fully saturated rings. The van der Waals surface area contributed by atoms with Gasteiger partial charge in [-0.3, -0.25) is 9.89 Å². The predicted molar refractivity (Wildman–Crippen MR) is 115 cm³/mol. The van der Waals surface area contributed by atoms with Gasteiger partial charge in [-0.25, -0.2) is 0 Å². The highest BCUT2D eigenvalue weighted by Gasteiger charge is 2.19. The van der Waals surface area contributed by atoms with Gasteiger partial charge in [0.2, 0.25) is 0 Å². The van der Waals surface area contributed by atoms with E-state index < -0.39 is 0 Å². The molecular formula is C22H33N5O. The Morgan fingerprint density at radius 1 is 1.11 bits per heavy atom. The second-order valence-electron chi connectivity index (χ2n) is 7.37. The minimum atomic E-state index is 0.704. The molecule has 0 aliphatic carbocycles. The molecule has 0 spiro atoms. The summed E-state index contributed by atoms with van der Waals surface area (Å²) < 4.78 is 7.40. The number of likely N-dealkylation sites (tertiary alicyclic amines) is 1. The summed E-state index contributed by atoms with van der Waals surface area (Å²) in [4.78, 5) is 6.88. The van der Waals surface area contributed by atoms with Crippen molar-refractivity contribution in [2.75, 3.05) is 40.3 Å². The van der Waals surface area contributed by atoms with E-state index in [0.717, 1.165) is 51.0 Å². The number of rotatable bonds is 8. The maximum absolute atomic E-state index is 5.24. The van der Waals surface area contributed by atoms with Crippen molar-refractivity contribution >= 4 is 5.96 Å². The summed E-state index contributed by atoms with van der Waals surface area (Å²) in [7, 11) is 3.54. The van der Waals surface area contributed by atoms with Gasteiger partial charge in [0.1, 0.15) is 5.75 Å². The van der Waals surface area contributed by atoms with Crippen LogP contribution < -0.4 is 15.4 Å². The van der Waals surface area contributed by atoms with Crippen molar-refractivity contribution in [1.29, 1.82) is 0 Å². The molecule has 1 aromatic heterocycles. The lowest BCUT2D eigenvalue weighted by Crippen LogP contribution is -2.43. The van der Waals surface area contributed by atoms with Crippen LogP contribution >= 0.6 is 0 Å². The number of ether oxygens (including phenoxy) is 1. The quantitative estimate of drug-likeness (QED) is 0.543. The molecule has 2 aromatic rings. The first-order valence-corrected chi connectivity index (χ1v) is 10.2. The van der Waals surface area contributed by atoms with Gasteiger partial charge in [0.05, 0.1) is 7.11 Å². The van der Waals surface area contributed by atoms with E-state index >= 15 is 0 Å². The number of hydrogen-bond acceptors (Lipinski definition) is 3. The Morgan fingerprint density at radius 3 is 2.46 bits per heavy atom. The third kappa shape index (κ3) is 6.30. The summed E-state index contributed by atoms with van der Waals surface area (Å²) in [6, 6.07) is 12.5. The SMILES string of the molecule is CN=C(NCCn1cccc1)NCC1CCN(Cc2ccc(OC)cc2)CC1. The van der Waals surface area contributed by atoms with Crippen molar-refractivity contribution in [1.82, 2.24) is 20.1 Å². The van der Waals surface area contributed by atoms with Crippen LogP contribution in [0.3, 0.4) is 0 Å². The third-order valence-corrected chi connectivity index (χ3v) is 5.38. The molecule has 0 atom stereocenters. The van der Waals surface area contributed by atoms with Gasteiger partial charge in [0, 0.05) is 45.6 Å². The number of benzene rings is 1. The molecular weight excluding hydrogens is 350 g/mol. The van der Waals surface area contributed by atoms with Gasteiger partial charge in [-0.05, 0) is 61.7 Å². The summed E-state index contributed by atoms with van der Waals surface area (Å²) in [5.74, 6) is 2.52. The third-order valence-electron chi connectivity index (χ3n) is 5.38. The highest BCUT2D eigenvalue weighted by atomic mass is 16.5. The Morgan fingerprint density at radius 2 is 1.82 bits per heavy atom. The van der Waals surface area contributed by atoms with E-state index in [1.54, 1.807) is 7.11 Å². The Hall–Kier alpha value is -2.47. The fourth-order valence-electron chi connectivity index (χ4n) is 3.62. The molecule has 2 N–H and O–H groups in total. The van der Waals surface area contributed by atoms with Crippen LogP contribution in [-0.2, 0) is 13.1 Å². The van der Waals surface area contributed by atoms with Gasteiger partial charge in [0.25, 0.3) is 0 Å². The number of aliphatic imine (C=N–C) groups is 1. The van der Waals surface area contributed by atoms with E-state index in [0.29, 0.717) is 5.92 Å². The maximum Gasteiger partial charge on any atom is 0.191 e. The maximum atomic E-state index is 5.24. The monoisotopic (exact) mass is 383 g/mol. The van der Waals surface area contributed by atoms with Crippen LogP contribution in [-0.4, -0.2) is 55.8 Å². The Labute approximate surface area is 168 Å². The topological polar surface area (TPSA) is 53.8 Å². The predicted octanol–water partition coefficient (Wildman–Crippen LogP) is 2.57. The van der Waals surface area contributed by atoms with Crippen LogP contribution in [0.4, 0.5) is 0 Å². The molecule has 0 saturated carbocycles. The van der Waals surface area contributed by atoms with Crippen LogP contribution in [0.5, 0.6) is 5.75 Å². The molecule has 0 unspecified atom stereocenters. The molecule has 0 amide bonds. The van der Waals surface area contributed by atoms with Gasteiger partial charge in [-0.1, -0.05) is 12.1 Å². The second-order valence-corrected chi connectivity index (χ2v) is 7.37. The van der Waals surface area contributed by atoms with Crippen molar-refractivity contribution < 1.29 is 4.74 Å². The molecule has 1 aliphatic rings. The molecule has 3 rings (SSSR count). The largest absolute Gasteiger partial charge is 0.497 e. The normalized spacial score (nSPS) is 16.1. The molecule has 0 radical (unpaired) electrons. The van der Waals surface area contributed by atoms with Crippen molar-refractivity contribution in [3.63, 3.8) is 0 Å². The van der Waals surface area contributed by atoms with Crippen LogP contribution in [0.25, 0.3) is 0 Å². The zero-order valence-corrected chi connectivity index (χ0v) is 17.1. The van der Waals surface area contributed by atoms with Crippen LogP contribution in [0.15, 0.2) is 53.8 Å². The highest BCUT2D eigenvalue weighted by molar-refractivity contribution is 5.79. The average Bonchev–Trinajstić information content (AvgIpc) is 3.26. The summed E-state index contributed by atoms with van der Waals surface area (Å²) >= 11 is 0. The molecule has 2 heterocycles. The first kappa shape index (κ1) is 20.3. The molecule has 28 heavy (non-hydrogen) atoms. The van der Waals surface area contributed by atoms with Crippen LogP contribution in [0.1, 0.15) is 18.4 Å². The number of aromatic nitrogens is 1. The Kier molecular flexibility index (Phi) is 7.79. The number of piperidine rings is 1. The molecule has 1 aromatic carbocycles. The number of nitrogens with zero attached hydrogens (tertiary/aromatic N) is 3. The Bertz CT molecular complexity index is 703. The molecule has 1 aliphatic heterocycles. The number of nitrogens with one attached hydrogen (secondary N) is 2. The summed E-state index contributed by atoms with van der Waals surface area (Å²) in [6.45, 7) is 6.12. The van der Waals surface area contributed by atoms with Crippen molar-refractivity contribution in [3.8, 4) is 5.75 Å².